The zero-order valence-corrected chi connectivity index (χ0v) is 15.3. The van der Waals surface area contributed by atoms with Crippen LogP contribution in [0.25, 0.3) is 0 Å². The van der Waals surface area contributed by atoms with Gasteiger partial charge in [-0.1, -0.05) is 12.1 Å². The minimum absolute atomic E-state index is 0.0872. The highest BCUT2D eigenvalue weighted by Gasteiger charge is 2.36. The number of hydrogen-bond acceptors (Lipinski definition) is 5. The Kier molecular flexibility index (Phi) is 4.92. The number of benzene rings is 2. The molecule has 2 aromatic carbocycles. The number of nitrogens with one attached hydrogen (secondary N) is 1. The average Bonchev–Trinajstić information content (AvgIpc) is 3.20. The van der Waals surface area contributed by atoms with Gasteiger partial charge in [-0.15, -0.1) is 0 Å². The van der Waals surface area contributed by atoms with Crippen LogP contribution in [-0.4, -0.2) is 43.5 Å². The lowest BCUT2D eigenvalue weighted by molar-refractivity contribution is 0.0486. The summed E-state index contributed by atoms with van der Waals surface area (Å²) < 4.78 is 16.4. The topological polar surface area (TPSA) is 94.1 Å². The SMILES string of the molecule is O=C(O)c1cccc(C(=O)NCC2(c3ccc4c(c3)OCO4)CCOCC2)c1. The normalized spacial score (nSPS) is 17.1. The summed E-state index contributed by atoms with van der Waals surface area (Å²) in [4.78, 5) is 23.8. The Balaban J connectivity index is 1.55. The van der Waals surface area contributed by atoms with Crippen molar-refractivity contribution in [2.45, 2.75) is 18.3 Å². The number of carbonyl (C=O) groups excluding carboxylic acids is 1. The van der Waals surface area contributed by atoms with Crippen LogP contribution < -0.4 is 14.8 Å². The Labute approximate surface area is 162 Å². The summed E-state index contributed by atoms with van der Waals surface area (Å²) in [5, 5.41) is 12.1. The third kappa shape index (κ3) is 3.53. The Hall–Kier alpha value is -3.06. The van der Waals surface area contributed by atoms with E-state index in [1.807, 2.05) is 18.2 Å². The number of hydrogen-bond donors (Lipinski definition) is 2. The number of ether oxygens (including phenoxy) is 3. The van der Waals surface area contributed by atoms with E-state index in [1.165, 1.54) is 12.1 Å². The highest BCUT2D eigenvalue weighted by atomic mass is 16.7. The largest absolute Gasteiger partial charge is 0.478 e. The van der Waals surface area contributed by atoms with Crippen molar-refractivity contribution in [3.8, 4) is 11.5 Å². The van der Waals surface area contributed by atoms with Gasteiger partial charge in [-0.2, -0.15) is 0 Å². The number of carbonyl (C=O) groups is 2. The summed E-state index contributed by atoms with van der Waals surface area (Å²) in [7, 11) is 0. The maximum atomic E-state index is 12.6. The maximum Gasteiger partial charge on any atom is 0.335 e. The van der Waals surface area contributed by atoms with Crippen molar-refractivity contribution in [3.63, 3.8) is 0 Å². The van der Waals surface area contributed by atoms with Gasteiger partial charge in [-0.3, -0.25) is 4.79 Å². The van der Waals surface area contributed by atoms with E-state index in [0.717, 1.165) is 24.2 Å². The van der Waals surface area contributed by atoms with Crippen LogP contribution >= 0.6 is 0 Å². The molecule has 2 aliphatic rings. The summed E-state index contributed by atoms with van der Waals surface area (Å²) >= 11 is 0. The van der Waals surface area contributed by atoms with Crippen LogP contribution in [0, 0.1) is 0 Å². The molecule has 7 heteroatoms. The highest BCUT2D eigenvalue weighted by Crippen LogP contribution is 2.40. The first-order valence-electron chi connectivity index (χ1n) is 9.17. The van der Waals surface area contributed by atoms with Crippen LogP contribution in [-0.2, 0) is 10.2 Å². The Morgan fingerprint density at radius 1 is 1.00 bits per heavy atom. The predicted molar refractivity (Wildman–Crippen MR) is 100 cm³/mol. The lowest BCUT2D eigenvalue weighted by atomic mass is 9.74. The van der Waals surface area contributed by atoms with Crippen molar-refractivity contribution in [1.29, 1.82) is 0 Å². The van der Waals surface area contributed by atoms with Crippen molar-refractivity contribution in [2.75, 3.05) is 26.6 Å². The number of carboxylic acids is 1. The molecule has 0 bridgehead atoms. The van der Waals surface area contributed by atoms with Crippen molar-refractivity contribution in [3.05, 3.63) is 59.2 Å². The first-order valence-corrected chi connectivity index (χ1v) is 9.17. The molecule has 0 spiro atoms. The molecule has 2 aliphatic heterocycles. The van der Waals surface area contributed by atoms with Gasteiger partial charge in [-0.25, -0.2) is 4.79 Å². The number of carboxylic acid groups (broad SMARTS) is 1. The molecule has 1 fully saturated rings. The molecule has 7 nitrogen and oxygen atoms in total. The quantitative estimate of drug-likeness (QED) is 0.824. The van der Waals surface area contributed by atoms with Gasteiger partial charge in [0.15, 0.2) is 11.5 Å². The second-order valence-corrected chi connectivity index (χ2v) is 7.03. The van der Waals surface area contributed by atoms with E-state index in [-0.39, 0.29) is 23.7 Å². The molecule has 1 amide bonds. The monoisotopic (exact) mass is 383 g/mol. The van der Waals surface area contributed by atoms with Gasteiger partial charge in [0, 0.05) is 30.7 Å². The van der Waals surface area contributed by atoms with Gasteiger partial charge < -0.3 is 24.6 Å². The summed E-state index contributed by atoms with van der Waals surface area (Å²) in [5.41, 5.74) is 1.20. The number of fused-ring (bicyclic) bond motifs is 1. The summed E-state index contributed by atoms with van der Waals surface area (Å²) in [6, 6.07) is 11.9. The van der Waals surface area contributed by atoms with Crippen molar-refractivity contribution in [1.82, 2.24) is 5.32 Å². The fourth-order valence-electron chi connectivity index (χ4n) is 3.70. The Morgan fingerprint density at radius 3 is 2.54 bits per heavy atom. The lowest BCUT2D eigenvalue weighted by Crippen LogP contribution is -2.44. The molecule has 0 atom stereocenters. The summed E-state index contributed by atoms with van der Waals surface area (Å²) in [5.74, 6) is 0.0787. The Morgan fingerprint density at radius 2 is 1.75 bits per heavy atom. The standard InChI is InChI=1S/C21H21NO6/c23-19(14-2-1-3-15(10-14)20(24)25)22-12-21(6-8-26-9-7-21)16-4-5-17-18(11-16)28-13-27-17/h1-5,10-11H,6-9,12-13H2,(H,22,23)(H,24,25). The molecule has 0 saturated carbocycles. The zero-order valence-electron chi connectivity index (χ0n) is 15.3. The van der Waals surface area contributed by atoms with Crippen molar-refractivity contribution in [2.24, 2.45) is 0 Å². The van der Waals surface area contributed by atoms with Gasteiger partial charge in [0.1, 0.15) is 0 Å². The minimum Gasteiger partial charge on any atom is -0.478 e. The van der Waals surface area contributed by atoms with E-state index in [0.29, 0.717) is 31.1 Å². The van der Waals surface area contributed by atoms with Crippen LogP contribution in [0.3, 0.4) is 0 Å². The third-order valence-corrected chi connectivity index (χ3v) is 5.39. The number of aromatic carboxylic acids is 1. The maximum absolute atomic E-state index is 12.6. The molecule has 28 heavy (non-hydrogen) atoms. The van der Waals surface area contributed by atoms with E-state index in [2.05, 4.69) is 5.32 Å². The third-order valence-electron chi connectivity index (χ3n) is 5.39. The molecule has 2 aromatic rings. The number of rotatable bonds is 5. The number of amides is 1. The minimum atomic E-state index is -1.06. The molecule has 4 rings (SSSR count). The molecule has 0 radical (unpaired) electrons. The van der Waals surface area contributed by atoms with Crippen LogP contribution in [0.1, 0.15) is 39.1 Å². The second-order valence-electron chi connectivity index (χ2n) is 7.03. The molecular weight excluding hydrogens is 362 g/mol. The van der Waals surface area contributed by atoms with E-state index in [9.17, 15) is 9.59 Å². The van der Waals surface area contributed by atoms with Gasteiger partial charge in [0.25, 0.3) is 5.91 Å². The van der Waals surface area contributed by atoms with E-state index in [1.54, 1.807) is 12.1 Å². The molecule has 0 aliphatic carbocycles. The van der Waals surface area contributed by atoms with Crippen molar-refractivity contribution < 1.29 is 28.9 Å². The predicted octanol–water partition coefficient (Wildman–Crippen LogP) is 2.59. The molecule has 0 aromatic heterocycles. The van der Waals surface area contributed by atoms with Gasteiger partial charge in [0.05, 0.1) is 5.56 Å². The molecule has 0 unspecified atom stereocenters. The Bertz CT molecular complexity index is 904. The zero-order chi connectivity index (χ0) is 19.6. The fraction of sp³-hybridized carbons (Fsp3) is 0.333. The van der Waals surface area contributed by atoms with Crippen LogP contribution in [0.4, 0.5) is 0 Å². The van der Waals surface area contributed by atoms with E-state index >= 15 is 0 Å². The smallest absolute Gasteiger partial charge is 0.335 e. The van der Waals surface area contributed by atoms with E-state index in [4.69, 9.17) is 19.3 Å². The fourth-order valence-corrected chi connectivity index (χ4v) is 3.70. The van der Waals surface area contributed by atoms with Crippen LogP contribution in [0.2, 0.25) is 0 Å². The second kappa shape index (κ2) is 7.52. The van der Waals surface area contributed by atoms with Gasteiger partial charge >= 0.3 is 5.97 Å². The van der Waals surface area contributed by atoms with Crippen LogP contribution in [0.5, 0.6) is 11.5 Å². The summed E-state index contributed by atoms with van der Waals surface area (Å²) in [6.07, 6.45) is 1.53. The molecule has 2 N–H and O–H groups in total. The molecule has 146 valence electrons. The van der Waals surface area contributed by atoms with E-state index < -0.39 is 5.97 Å². The molecule has 2 heterocycles. The highest BCUT2D eigenvalue weighted by molar-refractivity contribution is 5.97. The lowest BCUT2D eigenvalue weighted by Gasteiger charge is -2.38. The molecular formula is C21H21NO6. The van der Waals surface area contributed by atoms with Gasteiger partial charge in [0.2, 0.25) is 6.79 Å². The van der Waals surface area contributed by atoms with Crippen molar-refractivity contribution >= 4 is 11.9 Å². The first-order chi connectivity index (χ1) is 13.6. The van der Waals surface area contributed by atoms with Crippen LogP contribution in [0.15, 0.2) is 42.5 Å². The average molecular weight is 383 g/mol. The van der Waals surface area contributed by atoms with Gasteiger partial charge in [-0.05, 0) is 48.7 Å². The first kappa shape index (κ1) is 18.3. The summed E-state index contributed by atoms with van der Waals surface area (Å²) in [6.45, 7) is 1.86. The molecule has 1 saturated heterocycles.